The lowest BCUT2D eigenvalue weighted by atomic mass is 9.97. The molecule has 1 unspecified atom stereocenters. The van der Waals surface area contributed by atoms with Gasteiger partial charge in [0.2, 0.25) is 0 Å². The first-order valence-electron chi connectivity index (χ1n) is 7.05. The summed E-state index contributed by atoms with van der Waals surface area (Å²) < 4.78 is 2.19. The highest BCUT2D eigenvalue weighted by atomic mass is 14.9. The molecular formula is C18H20N2. The number of aromatic nitrogens is 1. The van der Waals surface area contributed by atoms with Gasteiger partial charge in [-0.05, 0) is 41.3 Å². The van der Waals surface area contributed by atoms with Crippen molar-refractivity contribution in [2.45, 2.75) is 12.8 Å². The van der Waals surface area contributed by atoms with E-state index in [0.717, 1.165) is 0 Å². The predicted octanol–water partition coefficient (Wildman–Crippen LogP) is 3.91. The van der Waals surface area contributed by atoms with Crippen molar-refractivity contribution in [3.63, 3.8) is 0 Å². The van der Waals surface area contributed by atoms with Crippen molar-refractivity contribution >= 4 is 10.9 Å². The Kier molecular flexibility index (Phi) is 3.33. The third-order valence-electron chi connectivity index (χ3n) is 4.01. The molecule has 1 aromatic heterocycles. The highest BCUT2D eigenvalue weighted by Crippen LogP contribution is 2.30. The number of aryl methyl sites for hydroxylation is 1. The fourth-order valence-corrected chi connectivity index (χ4v) is 2.75. The molecule has 0 fully saturated rings. The van der Waals surface area contributed by atoms with E-state index in [4.69, 9.17) is 5.73 Å². The Hall–Kier alpha value is -2.06. The normalized spacial score (nSPS) is 12.8. The molecule has 2 heteroatoms. The van der Waals surface area contributed by atoms with Gasteiger partial charge in [-0.25, -0.2) is 0 Å². The largest absolute Gasteiger partial charge is 0.350 e. The zero-order chi connectivity index (χ0) is 14.1. The highest BCUT2D eigenvalue weighted by molar-refractivity contribution is 5.89. The highest BCUT2D eigenvalue weighted by Gasteiger charge is 2.12. The predicted molar refractivity (Wildman–Crippen MR) is 85.8 cm³/mol. The first-order valence-corrected chi connectivity index (χ1v) is 7.05. The van der Waals surface area contributed by atoms with E-state index >= 15 is 0 Å². The molecule has 3 rings (SSSR count). The molecule has 20 heavy (non-hydrogen) atoms. The summed E-state index contributed by atoms with van der Waals surface area (Å²) >= 11 is 0. The number of nitrogens with two attached hydrogens (primary N) is 1. The molecule has 0 saturated heterocycles. The second-order valence-electron chi connectivity index (χ2n) is 5.43. The van der Waals surface area contributed by atoms with Crippen LogP contribution in [0.25, 0.3) is 22.0 Å². The number of fused-ring (bicyclic) bond motifs is 1. The Morgan fingerprint density at radius 2 is 1.80 bits per heavy atom. The topological polar surface area (TPSA) is 30.9 Å². The van der Waals surface area contributed by atoms with Gasteiger partial charge in [0.25, 0.3) is 0 Å². The van der Waals surface area contributed by atoms with Gasteiger partial charge in [-0.1, -0.05) is 43.3 Å². The third kappa shape index (κ3) is 2.12. The molecule has 0 spiro atoms. The fraction of sp³-hybridized carbons (Fsp3) is 0.222. The van der Waals surface area contributed by atoms with Gasteiger partial charge in [-0.3, -0.25) is 0 Å². The molecule has 2 N–H and O–H groups in total. The maximum atomic E-state index is 5.84. The van der Waals surface area contributed by atoms with Gasteiger partial charge in [0.05, 0.1) is 0 Å². The number of nitrogens with zero attached hydrogens (tertiary/aromatic N) is 1. The van der Waals surface area contributed by atoms with Gasteiger partial charge >= 0.3 is 0 Å². The van der Waals surface area contributed by atoms with Crippen LogP contribution in [0.5, 0.6) is 0 Å². The van der Waals surface area contributed by atoms with E-state index in [9.17, 15) is 0 Å². The van der Waals surface area contributed by atoms with Crippen molar-refractivity contribution in [2.24, 2.45) is 12.8 Å². The maximum absolute atomic E-state index is 5.84. The van der Waals surface area contributed by atoms with E-state index in [-0.39, 0.29) is 0 Å². The van der Waals surface area contributed by atoms with E-state index in [2.05, 4.69) is 67.2 Å². The van der Waals surface area contributed by atoms with Crippen LogP contribution in [0, 0.1) is 0 Å². The SMILES string of the molecule is CC(CN)c1cn(C)c2ccc(-c3ccccc3)cc12. The van der Waals surface area contributed by atoms with Crippen LogP contribution in [0.3, 0.4) is 0 Å². The smallest absolute Gasteiger partial charge is 0.0481 e. The van der Waals surface area contributed by atoms with E-state index in [1.807, 2.05) is 6.07 Å². The molecule has 102 valence electrons. The van der Waals surface area contributed by atoms with Gasteiger partial charge in [-0.15, -0.1) is 0 Å². The van der Waals surface area contributed by atoms with Crippen LogP contribution in [0.15, 0.2) is 54.7 Å². The average Bonchev–Trinajstić information content (AvgIpc) is 2.84. The van der Waals surface area contributed by atoms with Crippen LogP contribution in [0.4, 0.5) is 0 Å². The molecule has 1 heterocycles. The van der Waals surface area contributed by atoms with Crippen LogP contribution in [-0.2, 0) is 7.05 Å². The number of rotatable bonds is 3. The molecule has 0 amide bonds. The van der Waals surface area contributed by atoms with Crippen molar-refractivity contribution in [2.75, 3.05) is 6.54 Å². The quantitative estimate of drug-likeness (QED) is 0.764. The molecule has 0 aliphatic carbocycles. The van der Waals surface area contributed by atoms with Crippen LogP contribution in [0.1, 0.15) is 18.4 Å². The number of benzene rings is 2. The summed E-state index contributed by atoms with van der Waals surface area (Å²) in [7, 11) is 2.09. The molecule has 0 aliphatic heterocycles. The minimum Gasteiger partial charge on any atom is -0.350 e. The molecular weight excluding hydrogens is 244 g/mol. The van der Waals surface area contributed by atoms with Crippen LogP contribution in [0.2, 0.25) is 0 Å². The Bertz CT molecular complexity index is 726. The molecule has 0 bridgehead atoms. The summed E-state index contributed by atoms with van der Waals surface area (Å²) in [4.78, 5) is 0. The van der Waals surface area contributed by atoms with Gasteiger partial charge in [0, 0.05) is 24.1 Å². The van der Waals surface area contributed by atoms with Crippen molar-refractivity contribution in [1.82, 2.24) is 4.57 Å². The summed E-state index contributed by atoms with van der Waals surface area (Å²) in [6, 6.07) is 17.2. The lowest BCUT2D eigenvalue weighted by Crippen LogP contribution is -2.08. The van der Waals surface area contributed by atoms with E-state index < -0.39 is 0 Å². The molecule has 0 saturated carbocycles. The Morgan fingerprint density at radius 1 is 1.05 bits per heavy atom. The van der Waals surface area contributed by atoms with Crippen LogP contribution >= 0.6 is 0 Å². The van der Waals surface area contributed by atoms with Crippen molar-refractivity contribution < 1.29 is 0 Å². The maximum Gasteiger partial charge on any atom is 0.0481 e. The fourth-order valence-electron chi connectivity index (χ4n) is 2.75. The number of hydrogen-bond donors (Lipinski definition) is 1. The number of hydrogen-bond acceptors (Lipinski definition) is 1. The second kappa shape index (κ2) is 5.14. The standard InChI is InChI=1S/C18H20N2/c1-13(11-19)17-12-20(2)18-9-8-15(10-16(17)18)14-6-4-3-5-7-14/h3-10,12-13H,11,19H2,1-2H3. The Morgan fingerprint density at radius 3 is 2.50 bits per heavy atom. The molecule has 2 aromatic carbocycles. The minimum absolute atomic E-state index is 0.379. The second-order valence-corrected chi connectivity index (χ2v) is 5.43. The van der Waals surface area contributed by atoms with Crippen molar-refractivity contribution in [3.8, 4) is 11.1 Å². The molecule has 0 radical (unpaired) electrons. The zero-order valence-corrected chi connectivity index (χ0v) is 12.0. The van der Waals surface area contributed by atoms with Gasteiger partial charge in [-0.2, -0.15) is 0 Å². The molecule has 0 aliphatic rings. The summed E-state index contributed by atoms with van der Waals surface area (Å²) in [6.45, 7) is 2.86. The lowest BCUT2D eigenvalue weighted by molar-refractivity contribution is 0.774. The van der Waals surface area contributed by atoms with Crippen LogP contribution < -0.4 is 5.73 Å². The average molecular weight is 264 g/mol. The van der Waals surface area contributed by atoms with E-state index in [0.29, 0.717) is 12.5 Å². The monoisotopic (exact) mass is 264 g/mol. The molecule has 1 atom stereocenters. The summed E-state index contributed by atoms with van der Waals surface area (Å²) in [6.07, 6.45) is 2.21. The van der Waals surface area contributed by atoms with Gasteiger partial charge < -0.3 is 10.3 Å². The molecule has 2 nitrogen and oxygen atoms in total. The summed E-state index contributed by atoms with van der Waals surface area (Å²) in [5, 5.41) is 1.31. The van der Waals surface area contributed by atoms with Crippen LogP contribution in [-0.4, -0.2) is 11.1 Å². The first-order chi connectivity index (χ1) is 9.70. The summed E-state index contributed by atoms with van der Waals surface area (Å²) in [5.74, 6) is 0.379. The first kappa shape index (κ1) is 12.9. The molecule has 3 aromatic rings. The lowest BCUT2D eigenvalue weighted by Gasteiger charge is -2.08. The zero-order valence-electron chi connectivity index (χ0n) is 12.0. The van der Waals surface area contributed by atoms with Crippen molar-refractivity contribution in [1.29, 1.82) is 0 Å². The van der Waals surface area contributed by atoms with E-state index in [1.165, 1.54) is 27.6 Å². The Labute approximate surface area is 119 Å². The van der Waals surface area contributed by atoms with Gasteiger partial charge in [0.15, 0.2) is 0 Å². The van der Waals surface area contributed by atoms with Crippen molar-refractivity contribution in [3.05, 3.63) is 60.3 Å². The Balaban J connectivity index is 2.19. The van der Waals surface area contributed by atoms with Gasteiger partial charge in [0.1, 0.15) is 0 Å². The third-order valence-corrected chi connectivity index (χ3v) is 4.01. The summed E-state index contributed by atoms with van der Waals surface area (Å²) in [5.41, 5.74) is 11.0. The van der Waals surface area contributed by atoms with E-state index in [1.54, 1.807) is 0 Å². The minimum atomic E-state index is 0.379.